The van der Waals surface area contributed by atoms with Crippen molar-refractivity contribution in [2.24, 2.45) is 0 Å². The van der Waals surface area contributed by atoms with Crippen LogP contribution in [0.25, 0.3) is 0 Å². The van der Waals surface area contributed by atoms with Crippen molar-refractivity contribution in [2.75, 3.05) is 11.1 Å². The lowest BCUT2D eigenvalue weighted by Crippen LogP contribution is -1.82. The lowest BCUT2D eigenvalue weighted by atomic mass is 10.2. The van der Waals surface area contributed by atoms with Gasteiger partial charge in [0.15, 0.2) is 0 Å². The summed E-state index contributed by atoms with van der Waals surface area (Å²) in [6.45, 7) is 0. The molecule has 0 bridgehead atoms. The van der Waals surface area contributed by atoms with Crippen LogP contribution in [-0.2, 0) is 0 Å². The highest BCUT2D eigenvalue weighted by molar-refractivity contribution is 9.09. The molecule has 0 radical (unpaired) electrons. The van der Waals surface area contributed by atoms with Gasteiger partial charge in [-0.25, -0.2) is 0 Å². The van der Waals surface area contributed by atoms with Crippen molar-refractivity contribution in [3.05, 3.63) is 30.3 Å². The normalized spacial score (nSPS) is 10.4. The third kappa shape index (κ3) is 5.71. The van der Waals surface area contributed by atoms with Crippen LogP contribution < -0.4 is 0 Å². The Morgan fingerprint density at radius 2 is 1.64 bits per heavy atom. The minimum Gasteiger partial charge on any atom is -0.126 e. The number of hydrogen-bond acceptors (Lipinski definition) is 1. The van der Waals surface area contributed by atoms with E-state index in [0.29, 0.717) is 0 Å². The SMILES string of the molecule is BrCCCCCCSc1ccccc1. The molecule has 1 rings (SSSR count). The molecule has 0 spiro atoms. The van der Waals surface area contributed by atoms with Gasteiger partial charge in [-0.05, 0) is 30.7 Å². The van der Waals surface area contributed by atoms with E-state index in [-0.39, 0.29) is 0 Å². The summed E-state index contributed by atoms with van der Waals surface area (Å²) in [5.41, 5.74) is 0. The van der Waals surface area contributed by atoms with Crippen LogP contribution in [0.1, 0.15) is 25.7 Å². The lowest BCUT2D eigenvalue weighted by Gasteiger charge is -2.00. The predicted octanol–water partition coefficient (Wildman–Crippen LogP) is 4.73. The minimum absolute atomic E-state index is 1.15. The summed E-state index contributed by atoms with van der Waals surface area (Å²) in [7, 11) is 0. The summed E-state index contributed by atoms with van der Waals surface area (Å²) in [5.74, 6) is 1.26. The summed E-state index contributed by atoms with van der Waals surface area (Å²) in [6.07, 6.45) is 5.38. The molecular weight excluding hydrogens is 256 g/mol. The largest absolute Gasteiger partial charge is 0.126 e. The molecule has 0 atom stereocenters. The lowest BCUT2D eigenvalue weighted by molar-refractivity contribution is 0.713. The van der Waals surface area contributed by atoms with E-state index in [2.05, 4.69) is 46.3 Å². The third-order valence-corrected chi connectivity index (χ3v) is 3.70. The van der Waals surface area contributed by atoms with Crippen molar-refractivity contribution in [1.29, 1.82) is 0 Å². The van der Waals surface area contributed by atoms with Crippen molar-refractivity contribution in [2.45, 2.75) is 30.6 Å². The Bertz CT molecular complexity index is 223. The van der Waals surface area contributed by atoms with E-state index in [0.717, 1.165) is 5.33 Å². The second-order valence-corrected chi connectivity index (χ2v) is 5.23. The molecule has 0 aliphatic rings. The maximum atomic E-state index is 3.45. The van der Waals surface area contributed by atoms with Gasteiger partial charge in [-0.2, -0.15) is 0 Å². The van der Waals surface area contributed by atoms with Crippen molar-refractivity contribution in [1.82, 2.24) is 0 Å². The molecule has 0 amide bonds. The average molecular weight is 273 g/mol. The number of thioether (sulfide) groups is 1. The van der Waals surface area contributed by atoms with Crippen LogP contribution >= 0.6 is 27.7 Å². The Labute approximate surface area is 99.6 Å². The van der Waals surface area contributed by atoms with Gasteiger partial charge in [0.2, 0.25) is 0 Å². The molecule has 14 heavy (non-hydrogen) atoms. The first-order chi connectivity index (χ1) is 6.93. The Hall–Kier alpha value is 0.0500. The number of alkyl halides is 1. The van der Waals surface area contributed by atoms with Crippen molar-refractivity contribution < 1.29 is 0 Å². The van der Waals surface area contributed by atoms with Gasteiger partial charge in [-0.3, -0.25) is 0 Å². The summed E-state index contributed by atoms with van der Waals surface area (Å²) in [6, 6.07) is 10.6. The molecule has 0 fully saturated rings. The predicted molar refractivity (Wildman–Crippen MR) is 69.4 cm³/mol. The van der Waals surface area contributed by atoms with Crippen LogP contribution in [0.3, 0.4) is 0 Å². The van der Waals surface area contributed by atoms with Gasteiger partial charge in [-0.15, -0.1) is 11.8 Å². The fraction of sp³-hybridized carbons (Fsp3) is 0.500. The third-order valence-electron chi connectivity index (χ3n) is 2.04. The molecular formula is C12H17BrS. The zero-order chi connectivity index (χ0) is 10.1. The topological polar surface area (TPSA) is 0 Å². The number of halogens is 1. The van der Waals surface area contributed by atoms with E-state index in [1.54, 1.807) is 0 Å². The van der Waals surface area contributed by atoms with Gasteiger partial charge in [0.1, 0.15) is 0 Å². The maximum absolute atomic E-state index is 3.45. The number of benzene rings is 1. The van der Waals surface area contributed by atoms with Crippen LogP contribution in [0.4, 0.5) is 0 Å². The number of unbranched alkanes of at least 4 members (excludes halogenated alkanes) is 3. The van der Waals surface area contributed by atoms with Crippen LogP contribution in [0, 0.1) is 0 Å². The molecule has 0 unspecified atom stereocenters. The Morgan fingerprint density at radius 1 is 0.929 bits per heavy atom. The van der Waals surface area contributed by atoms with Crippen LogP contribution in [-0.4, -0.2) is 11.1 Å². The van der Waals surface area contributed by atoms with Crippen LogP contribution in [0.2, 0.25) is 0 Å². The van der Waals surface area contributed by atoms with Crippen LogP contribution in [0.15, 0.2) is 35.2 Å². The Morgan fingerprint density at radius 3 is 2.36 bits per heavy atom. The van der Waals surface area contributed by atoms with E-state index in [1.165, 1.54) is 36.3 Å². The van der Waals surface area contributed by atoms with E-state index in [9.17, 15) is 0 Å². The molecule has 0 aliphatic heterocycles. The molecule has 78 valence electrons. The quantitative estimate of drug-likeness (QED) is 0.393. The zero-order valence-electron chi connectivity index (χ0n) is 8.42. The van der Waals surface area contributed by atoms with Gasteiger partial charge in [0.25, 0.3) is 0 Å². The van der Waals surface area contributed by atoms with E-state index < -0.39 is 0 Å². The molecule has 0 nitrogen and oxygen atoms in total. The fourth-order valence-electron chi connectivity index (χ4n) is 1.26. The molecule has 0 saturated carbocycles. The van der Waals surface area contributed by atoms with Crippen molar-refractivity contribution in [3.63, 3.8) is 0 Å². The molecule has 0 heterocycles. The smallest absolute Gasteiger partial charge is 0.00719 e. The van der Waals surface area contributed by atoms with Gasteiger partial charge in [-0.1, -0.05) is 47.0 Å². The molecule has 1 aromatic rings. The highest BCUT2D eigenvalue weighted by atomic mass is 79.9. The highest BCUT2D eigenvalue weighted by Gasteiger charge is 1.92. The molecule has 1 aromatic carbocycles. The molecule has 0 aromatic heterocycles. The first-order valence-corrected chi connectivity index (χ1v) is 7.28. The molecule has 0 aliphatic carbocycles. The summed E-state index contributed by atoms with van der Waals surface area (Å²) < 4.78 is 0. The van der Waals surface area contributed by atoms with E-state index in [4.69, 9.17) is 0 Å². The van der Waals surface area contributed by atoms with Crippen LogP contribution in [0.5, 0.6) is 0 Å². The first-order valence-electron chi connectivity index (χ1n) is 5.17. The standard InChI is InChI=1S/C12H17BrS/c13-10-6-1-2-7-11-14-12-8-4-3-5-9-12/h3-5,8-9H,1-2,6-7,10-11H2. The van der Waals surface area contributed by atoms with Crippen molar-refractivity contribution in [3.8, 4) is 0 Å². The van der Waals surface area contributed by atoms with E-state index >= 15 is 0 Å². The summed E-state index contributed by atoms with van der Waals surface area (Å²) >= 11 is 5.42. The summed E-state index contributed by atoms with van der Waals surface area (Å²) in [4.78, 5) is 1.40. The summed E-state index contributed by atoms with van der Waals surface area (Å²) in [5, 5.41) is 1.15. The van der Waals surface area contributed by atoms with Gasteiger partial charge in [0, 0.05) is 10.2 Å². The molecule has 2 heteroatoms. The average Bonchev–Trinajstić information content (AvgIpc) is 2.25. The Kier molecular flexibility index (Phi) is 7.24. The van der Waals surface area contributed by atoms with Crippen molar-refractivity contribution >= 4 is 27.7 Å². The minimum atomic E-state index is 1.15. The van der Waals surface area contributed by atoms with Gasteiger partial charge >= 0.3 is 0 Å². The first kappa shape index (κ1) is 12.1. The number of hydrogen-bond donors (Lipinski definition) is 0. The number of rotatable bonds is 7. The second kappa shape index (κ2) is 8.37. The van der Waals surface area contributed by atoms with Gasteiger partial charge in [0.05, 0.1) is 0 Å². The zero-order valence-corrected chi connectivity index (χ0v) is 10.8. The molecule has 0 saturated heterocycles. The second-order valence-electron chi connectivity index (χ2n) is 3.26. The molecule has 0 N–H and O–H groups in total. The maximum Gasteiger partial charge on any atom is 0.00719 e. The van der Waals surface area contributed by atoms with E-state index in [1.807, 2.05) is 11.8 Å². The fourth-order valence-corrected chi connectivity index (χ4v) is 2.59. The monoisotopic (exact) mass is 272 g/mol. The highest BCUT2D eigenvalue weighted by Crippen LogP contribution is 2.18. The Balaban J connectivity index is 1.99. The van der Waals surface area contributed by atoms with Gasteiger partial charge < -0.3 is 0 Å².